The average molecular weight is 466 g/mol. The predicted octanol–water partition coefficient (Wildman–Crippen LogP) is 3.81. The Morgan fingerprint density at radius 3 is 2.48 bits per heavy atom. The molecule has 2 aromatic carbocycles. The topological polar surface area (TPSA) is 87.7 Å². The summed E-state index contributed by atoms with van der Waals surface area (Å²) in [6.07, 6.45) is 1.71. The second-order valence-corrected chi connectivity index (χ2v) is 9.74. The van der Waals surface area contributed by atoms with E-state index < -0.39 is 10.0 Å². The molecule has 1 amide bonds. The summed E-state index contributed by atoms with van der Waals surface area (Å²) in [5.41, 5.74) is 1.48. The van der Waals surface area contributed by atoms with Gasteiger partial charge in [-0.3, -0.25) is 4.79 Å². The number of carbonyl (C=O) groups is 1. The Hall–Kier alpha value is -2.29. The molecule has 3 rings (SSSR count). The molecule has 1 aliphatic rings. The van der Waals surface area contributed by atoms with Crippen molar-refractivity contribution in [2.24, 2.45) is 0 Å². The number of sulfonamides is 1. The molecule has 0 aromatic heterocycles. The van der Waals surface area contributed by atoms with E-state index in [9.17, 15) is 13.2 Å². The van der Waals surface area contributed by atoms with Crippen molar-refractivity contribution in [3.63, 3.8) is 0 Å². The van der Waals surface area contributed by atoms with E-state index in [0.29, 0.717) is 36.2 Å². The zero-order valence-corrected chi connectivity index (χ0v) is 19.3. The fourth-order valence-corrected chi connectivity index (χ4v) is 5.27. The molecule has 0 aliphatic carbocycles. The van der Waals surface area contributed by atoms with E-state index in [-0.39, 0.29) is 23.4 Å². The SMILES string of the molecule is CCOc1ccc(NCC(=O)NC(C)c2ccc(Cl)cc2)cc1S(=O)(=O)N1CCCC1. The summed E-state index contributed by atoms with van der Waals surface area (Å²) in [4.78, 5) is 12.5. The summed E-state index contributed by atoms with van der Waals surface area (Å²) < 4.78 is 33.2. The average Bonchev–Trinajstić information content (AvgIpc) is 3.29. The van der Waals surface area contributed by atoms with Crippen LogP contribution in [0.1, 0.15) is 38.3 Å². The molecular weight excluding hydrogens is 438 g/mol. The molecule has 1 unspecified atom stereocenters. The molecule has 0 spiro atoms. The summed E-state index contributed by atoms with van der Waals surface area (Å²) in [7, 11) is -3.65. The number of nitrogens with one attached hydrogen (secondary N) is 2. The quantitative estimate of drug-likeness (QED) is 0.588. The van der Waals surface area contributed by atoms with Gasteiger partial charge >= 0.3 is 0 Å². The van der Waals surface area contributed by atoms with Gasteiger partial charge in [-0.05, 0) is 62.6 Å². The van der Waals surface area contributed by atoms with Crippen LogP contribution in [0.5, 0.6) is 5.75 Å². The molecule has 1 heterocycles. The number of hydrogen-bond donors (Lipinski definition) is 2. The molecule has 2 aromatic rings. The predicted molar refractivity (Wildman–Crippen MR) is 122 cm³/mol. The van der Waals surface area contributed by atoms with E-state index >= 15 is 0 Å². The standard InChI is InChI=1S/C22H28ClN3O4S/c1-3-30-20-11-10-19(14-21(20)31(28,29)26-12-4-5-13-26)24-15-22(27)25-16(2)17-6-8-18(23)9-7-17/h6-11,14,16,24H,3-5,12-13,15H2,1-2H3,(H,25,27). The van der Waals surface area contributed by atoms with Crippen molar-refractivity contribution in [3.05, 3.63) is 53.1 Å². The first kappa shape index (κ1) is 23.4. The number of amides is 1. The molecule has 2 N–H and O–H groups in total. The highest BCUT2D eigenvalue weighted by molar-refractivity contribution is 7.89. The Labute approximate surface area is 188 Å². The molecule has 1 fully saturated rings. The van der Waals surface area contributed by atoms with Gasteiger partial charge in [0.1, 0.15) is 10.6 Å². The minimum absolute atomic E-state index is 0.00904. The van der Waals surface area contributed by atoms with Gasteiger partial charge in [-0.2, -0.15) is 4.31 Å². The number of hydrogen-bond acceptors (Lipinski definition) is 5. The molecule has 0 radical (unpaired) electrons. The number of benzene rings is 2. The third kappa shape index (κ3) is 5.90. The lowest BCUT2D eigenvalue weighted by Gasteiger charge is -2.19. The lowest BCUT2D eigenvalue weighted by atomic mass is 10.1. The van der Waals surface area contributed by atoms with Gasteiger partial charge < -0.3 is 15.4 Å². The fourth-order valence-electron chi connectivity index (χ4n) is 3.47. The van der Waals surface area contributed by atoms with Gasteiger partial charge in [-0.15, -0.1) is 0 Å². The molecule has 0 saturated carbocycles. The normalized spacial score (nSPS) is 15.5. The Kier molecular flexibility index (Phi) is 7.80. The minimum atomic E-state index is -3.65. The maximum absolute atomic E-state index is 13.1. The molecule has 0 bridgehead atoms. The first-order valence-corrected chi connectivity index (χ1v) is 12.2. The monoisotopic (exact) mass is 465 g/mol. The highest BCUT2D eigenvalue weighted by atomic mass is 35.5. The minimum Gasteiger partial charge on any atom is -0.492 e. The van der Waals surface area contributed by atoms with Gasteiger partial charge in [0.05, 0.1) is 19.2 Å². The summed E-state index contributed by atoms with van der Waals surface area (Å²) in [6, 6.07) is 12.0. The molecule has 1 aliphatic heterocycles. The molecule has 9 heteroatoms. The van der Waals surface area contributed by atoms with Crippen LogP contribution in [0.2, 0.25) is 5.02 Å². The highest BCUT2D eigenvalue weighted by Crippen LogP contribution is 2.31. The number of nitrogens with zero attached hydrogens (tertiary/aromatic N) is 1. The van der Waals surface area contributed by atoms with Crippen LogP contribution in [0.3, 0.4) is 0 Å². The van der Waals surface area contributed by atoms with Crippen LogP contribution in [0.25, 0.3) is 0 Å². The van der Waals surface area contributed by atoms with Crippen molar-refractivity contribution in [3.8, 4) is 5.75 Å². The number of ether oxygens (including phenoxy) is 1. The van der Waals surface area contributed by atoms with Crippen molar-refractivity contribution in [2.75, 3.05) is 31.6 Å². The van der Waals surface area contributed by atoms with Gasteiger partial charge in [0.25, 0.3) is 0 Å². The second-order valence-electron chi connectivity index (χ2n) is 7.40. The first-order valence-electron chi connectivity index (χ1n) is 10.4. The van der Waals surface area contributed by atoms with Crippen LogP contribution in [-0.2, 0) is 14.8 Å². The zero-order chi connectivity index (χ0) is 22.4. The lowest BCUT2D eigenvalue weighted by Crippen LogP contribution is -2.32. The number of anilines is 1. The first-order chi connectivity index (χ1) is 14.8. The Bertz CT molecular complexity index is 1010. The van der Waals surface area contributed by atoms with Crippen molar-refractivity contribution in [1.82, 2.24) is 9.62 Å². The smallest absolute Gasteiger partial charge is 0.246 e. The maximum Gasteiger partial charge on any atom is 0.246 e. The zero-order valence-electron chi connectivity index (χ0n) is 17.7. The van der Waals surface area contributed by atoms with Crippen LogP contribution >= 0.6 is 11.6 Å². The van der Waals surface area contributed by atoms with E-state index in [1.165, 1.54) is 10.4 Å². The van der Waals surface area contributed by atoms with Crippen molar-refractivity contribution < 1.29 is 17.9 Å². The van der Waals surface area contributed by atoms with Gasteiger partial charge in [-0.1, -0.05) is 23.7 Å². The van der Waals surface area contributed by atoms with Crippen molar-refractivity contribution in [2.45, 2.75) is 37.6 Å². The molecule has 1 atom stereocenters. The molecule has 1 saturated heterocycles. The molecular formula is C22H28ClN3O4S. The summed E-state index contributed by atoms with van der Waals surface area (Å²) >= 11 is 5.90. The Morgan fingerprint density at radius 1 is 1.16 bits per heavy atom. The molecule has 168 valence electrons. The van der Waals surface area contributed by atoms with Crippen LogP contribution in [0, 0.1) is 0 Å². The molecule has 7 nitrogen and oxygen atoms in total. The van der Waals surface area contributed by atoms with E-state index in [1.807, 2.05) is 26.0 Å². The van der Waals surface area contributed by atoms with E-state index in [2.05, 4.69) is 10.6 Å². The summed E-state index contributed by atoms with van der Waals surface area (Å²) in [5, 5.41) is 6.56. The lowest BCUT2D eigenvalue weighted by molar-refractivity contribution is -0.120. The van der Waals surface area contributed by atoms with E-state index in [4.69, 9.17) is 16.3 Å². The van der Waals surface area contributed by atoms with Gasteiger partial charge in [-0.25, -0.2) is 8.42 Å². The third-order valence-corrected chi connectivity index (χ3v) is 7.30. The summed E-state index contributed by atoms with van der Waals surface area (Å²) in [6.45, 7) is 5.09. The number of rotatable bonds is 9. The van der Waals surface area contributed by atoms with Crippen LogP contribution in [0.15, 0.2) is 47.4 Å². The van der Waals surface area contributed by atoms with E-state index in [1.54, 1.807) is 24.3 Å². The molecule has 31 heavy (non-hydrogen) atoms. The van der Waals surface area contributed by atoms with Crippen molar-refractivity contribution in [1.29, 1.82) is 0 Å². The second kappa shape index (κ2) is 10.3. The highest BCUT2D eigenvalue weighted by Gasteiger charge is 2.30. The Balaban J connectivity index is 1.68. The van der Waals surface area contributed by atoms with Gasteiger partial charge in [0.15, 0.2) is 0 Å². The van der Waals surface area contributed by atoms with E-state index in [0.717, 1.165) is 18.4 Å². The van der Waals surface area contributed by atoms with Gasteiger partial charge in [0, 0.05) is 23.8 Å². The maximum atomic E-state index is 13.1. The fraction of sp³-hybridized carbons (Fsp3) is 0.409. The third-order valence-electron chi connectivity index (χ3n) is 5.13. The van der Waals surface area contributed by atoms with Crippen LogP contribution in [-0.4, -0.2) is 44.9 Å². The number of carbonyl (C=O) groups excluding carboxylic acids is 1. The van der Waals surface area contributed by atoms with Crippen LogP contribution in [0.4, 0.5) is 5.69 Å². The summed E-state index contributed by atoms with van der Waals surface area (Å²) in [5.74, 6) is 0.112. The van der Waals surface area contributed by atoms with Crippen molar-refractivity contribution >= 4 is 33.2 Å². The van der Waals surface area contributed by atoms with Gasteiger partial charge in [0.2, 0.25) is 15.9 Å². The Morgan fingerprint density at radius 2 is 1.84 bits per heavy atom. The largest absolute Gasteiger partial charge is 0.492 e. The number of halogens is 1. The van der Waals surface area contributed by atoms with Crippen LogP contribution < -0.4 is 15.4 Å².